The van der Waals surface area contributed by atoms with E-state index in [2.05, 4.69) is 21.2 Å². The highest BCUT2D eigenvalue weighted by Crippen LogP contribution is 2.16. The first-order valence-corrected chi connectivity index (χ1v) is 8.08. The van der Waals surface area contributed by atoms with Crippen LogP contribution in [0.3, 0.4) is 0 Å². The fourth-order valence-electron chi connectivity index (χ4n) is 1.99. The second kappa shape index (κ2) is 8.53. The lowest BCUT2D eigenvalue weighted by Crippen LogP contribution is -2.33. The monoisotopic (exact) mass is 408 g/mol. The highest BCUT2D eigenvalue weighted by atomic mass is 79.9. The van der Waals surface area contributed by atoms with E-state index >= 15 is 0 Å². The van der Waals surface area contributed by atoms with E-state index in [1.165, 1.54) is 54.4 Å². The van der Waals surface area contributed by atoms with Gasteiger partial charge in [-0.2, -0.15) is 0 Å². The van der Waals surface area contributed by atoms with Crippen LogP contribution in [0.5, 0.6) is 0 Å². The van der Waals surface area contributed by atoms with E-state index in [0.29, 0.717) is 10.2 Å². The number of halogens is 3. The molecule has 0 aliphatic carbocycles. The third-order valence-corrected chi connectivity index (χ3v) is 3.72. The number of hydrogen-bond acceptors (Lipinski definition) is 2. The van der Waals surface area contributed by atoms with Crippen molar-refractivity contribution in [2.45, 2.75) is 0 Å². The second-order valence-electron chi connectivity index (χ2n) is 5.25. The summed E-state index contributed by atoms with van der Waals surface area (Å²) >= 11 is 3.23. The van der Waals surface area contributed by atoms with Gasteiger partial charge in [-0.25, -0.2) is 8.78 Å². The van der Waals surface area contributed by atoms with Gasteiger partial charge < -0.3 is 10.2 Å². The lowest BCUT2D eigenvalue weighted by Gasteiger charge is -2.15. The maximum Gasteiger partial charge on any atom is 0.246 e. The molecule has 0 unspecified atom stereocenters. The van der Waals surface area contributed by atoms with Crippen LogP contribution >= 0.6 is 15.9 Å². The molecule has 0 saturated heterocycles. The normalized spacial score (nSPS) is 10.7. The van der Waals surface area contributed by atoms with Crippen LogP contribution in [0, 0.1) is 11.6 Å². The molecule has 7 heteroatoms. The Morgan fingerprint density at radius 1 is 1.20 bits per heavy atom. The zero-order valence-electron chi connectivity index (χ0n) is 13.3. The number of carbonyl (C=O) groups is 2. The molecule has 0 heterocycles. The van der Waals surface area contributed by atoms with Gasteiger partial charge in [0, 0.05) is 28.8 Å². The number of rotatable bonds is 5. The summed E-state index contributed by atoms with van der Waals surface area (Å²) in [6, 6.07) is 9.82. The summed E-state index contributed by atoms with van der Waals surface area (Å²) in [5.74, 6) is -1.86. The Balaban J connectivity index is 1.94. The van der Waals surface area contributed by atoms with Crippen molar-refractivity contribution in [1.82, 2.24) is 4.90 Å². The SMILES string of the molecule is CN(CC(=O)Nc1cccc(F)c1)C(=O)/C=C/c1cc(Br)ccc1F. The topological polar surface area (TPSA) is 49.4 Å². The molecule has 0 saturated carbocycles. The highest BCUT2D eigenvalue weighted by Gasteiger charge is 2.11. The minimum atomic E-state index is -0.471. The second-order valence-corrected chi connectivity index (χ2v) is 6.17. The Bertz CT molecular complexity index is 824. The first-order chi connectivity index (χ1) is 11.8. The van der Waals surface area contributed by atoms with E-state index < -0.39 is 23.4 Å². The summed E-state index contributed by atoms with van der Waals surface area (Å²) < 4.78 is 27.4. The third-order valence-electron chi connectivity index (χ3n) is 3.23. The Morgan fingerprint density at radius 2 is 1.96 bits per heavy atom. The summed E-state index contributed by atoms with van der Waals surface area (Å²) in [6.07, 6.45) is 2.52. The average molecular weight is 409 g/mol. The van der Waals surface area contributed by atoms with Crippen molar-refractivity contribution in [1.29, 1.82) is 0 Å². The minimum absolute atomic E-state index is 0.222. The van der Waals surface area contributed by atoms with Gasteiger partial charge in [-0.15, -0.1) is 0 Å². The molecule has 4 nitrogen and oxygen atoms in total. The van der Waals surface area contributed by atoms with Crippen LogP contribution in [0.25, 0.3) is 6.08 Å². The maximum absolute atomic E-state index is 13.6. The highest BCUT2D eigenvalue weighted by molar-refractivity contribution is 9.10. The van der Waals surface area contributed by atoms with Crippen molar-refractivity contribution >= 4 is 39.5 Å². The molecule has 2 aromatic rings. The molecule has 130 valence electrons. The van der Waals surface area contributed by atoms with Crippen LogP contribution in [0.1, 0.15) is 5.56 Å². The van der Waals surface area contributed by atoms with Crippen LogP contribution in [-0.2, 0) is 9.59 Å². The van der Waals surface area contributed by atoms with Crippen LogP contribution in [0.15, 0.2) is 53.0 Å². The Hall–Kier alpha value is -2.54. The molecule has 0 aliphatic rings. The van der Waals surface area contributed by atoms with Crippen LogP contribution in [0.2, 0.25) is 0 Å². The molecule has 2 amide bonds. The number of hydrogen-bond donors (Lipinski definition) is 1. The van der Waals surface area contributed by atoms with E-state index in [9.17, 15) is 18.4 Å². The van der Waals surface area contributed by atoms with Gasteiger partial charge in [0.25, 0.3) is 0 Å². The largest absolute Gasteiger partial charge is 0.333 e. The van der Waals surface area contributed by atoms with E-state index in [1.807, 2.05) is 0 Å². The fraction of sp³-hybridized carbons (Fsp3) is 0.111. The Kier molecular flexibility index (Phi) is 6.41. The Labute approximate surface area is 152 Å². The first kappa shape index (κ1) is 18.8. The smallest absolute Gasteiger partial charge is 0.246 e. The molecule has 0 spiro atoms. The van der Waals surface area contributed by atoms with Crippen molar-refractivity contribution in [2.75, 3.05) is 18.9 Å². The fourth-order valence-corrected chi connectivity index (χ4v) is 2.37. The predicted octanol–water partition coefficient (Wildman–Crippen LogP) is 3.84. The lowest BCUT2D eigenvalue weighted by molar-refractivity contribution is -0.129. The van der Waals surface area contributed by atoms with Gasteiger partial charge in [0.2, 0.25) is 11.8 Å². The number of amides is 2. The standard InChI is InChI=1S/C18H15BrF2N2O2/c1-23(11-17(24)22-15-4-2-3-14(20)10-15)18(25)8-5-12-9-13(19)6-7-16(12)21/h2-10H,11H2,1H3,(H,22,24)/b8-5+. The number of carbonyl (C=O) groups excluding carboxylic acids is 2. The molecule has 0 bridgehead atoms. The van der Waals surface area contributed by atoms with Gasteiger partial charge in [0.15, 0.2) is 0 Å². The van der Waals surface area contributed by atoms with Crippen molar-refractivity contribution in [3.63, 3.8) is 0 Å². The predicted molar refractivity (Wildman–Crippen MR) is 95.8 cm³/mol. The Morgan fingerprint density at radius 3 is 2.68 bits per heavy atom. The molecule has 2 rings (SSSR count). The lowest BCUT2D eigenvalue weighted by atomic mass is 10.2. The summed E-state index contributed by atoms with van der Waals surface area (Å²) in [5, 5.41) is 2.50. The van der Waals surface area contributed by atoms with Gasteiger partial charge in [0.1, 0.15) is 11.6 Å². The summed E-state index contributed by atoms with van der Waals surface area (Å²) in [6.45, 7) is -0.222. The third kappa shape index (κ3) is 5.79. The van der Waals surface area contributed by atoms with Crippen molar-refractivity contribution in [2.24, 2.45) is 0 Å². The van der Waals surface area contributed by atoms with Crippen LogP contribution in [-0.4, -0.2) is 30.3 Å². The van der Waals surface area contributed by atoms with E-state index in [1.54, 1.807) is 12.1 Å². The number of nitrogens with zero attached hydrogens (tertiary/aromatic N) is 1. The number of likely N-dealkylation sites (N-methyl/N-ethyl adjacent to an activating group) is 1. The van der Waals surface area contributed by atoms with E-state index in [-0.39, 0.29) is 12.1 Å². The molecular weight excluding hydrogens is 394 g/mol. The van der Waals surface area contributed by atoms with Crippen LogP contribution in [0.4, 0.5) is 14.5 Å². The van der Waals surface area contributed by atoms with Crippen molar-refractivity contribution in [3.8, 4) is 0 Å². The number of nitrogens with one attached hydrogen (secondary N) is 1. The van der Waals surface area contributed by atoms with Gasteiger partial charge in [0.05, 0.1) is 6.54 Å². The first-order valence-electron chi connectivity index (χ1n) is 7.29. The van der Waals surface area contributed by atoms with E-state index in [0.717, 1.165) is 0 Å². The van der Waals surface area contributed by atoms with Gasteiger partial charge in [-0.1, -0.05) is 22.0 Å². The molecule has 0 aromatic heterocycles. The molecule has 0 fully saturated rings. The van der Waals surface area contributed by atoms with Crippen LogP contribution < -0.4 is 5.32 Å². The maximum atomic E-state index is 13.6. The number of benzene rings is 2. The quantitative estimate of drug-likeness (QED) is 0.764. The molecule has 25 heavy (non-hydrogen) atoms. The molecule has 1 N–H and O–H groups in total. The van der Waals surface area contributed by atoms with E-state index in [4.69, 9.17) is 0 Å². The summed E-state index contributed by atoms with van der Waals surface area (Å²) in [5.41, 5.74) is 0.554. The molecule has 2 aromatic carbocycles. The zero-order chi connectivity index (χ0) is 18.4. The van der Waals surface area contributed by atoms with Gasteiger partial charge >= 0.3 is 0 Å². The average Bonchev–Trinajstić information content (AvgIpc) is 2.55. The molecule has 0 aliphatic heterocycles. The van der Waals surface area contributed by atoms with Gasteiger partial charge in [-0.3, -0.25) is 9.59 Å². The summed E-state index contributed by atoms with van der Waals surface area (Å²) in [7, 11) is 1.44. The minimum Gasteiger partial charge on any atom is -0.333 e. The number of anilines is 1. The van der Waals surface area contributed by atoms with Crippen molar-refractivity contribution in [3.05, 3.63) is 70.2 Å². The zero-order valence-corrected chi connectivity index (χ0v) is 14.9. The van der Waals surface area contributed by atoms with Gasteiger partial charge in [-0.05, 0) is 42.5 Å². The van der Waals surface area contributed by atoms with Crippen molar-refractivity contribution < 1.29 is 18.4 Å². The molecule has 0 radical (unpaired) electrons. The summed E-state index contributed by atoms with van der Waals surface area (Å²) in [4.78, 5) is 25.1. The molecule has 0 atom stereocenters. The molecular formula is C18H15BrF2N2O2.